The summed E-state index contributed by atoms with van der Waals surface area (Å²) in [5, 5.41) is 3.48. The number of carbonyl (C=O) groups is 1. The first-order valence-electron chi connectivity index (χ1n) is 11.0. The maximum atomic E-state index is 14.0. The highest BCUT2D eigenvalue weighted by Gasteiger charge is 2.24. The summed E-state index contributed by atoms with van der Waals surface area (Å²) in [5.74, 6) is -2.78. The molecule has 0 radical (unpaired) electrons. The smallest absolute Gasteiger partial charge is 0.212 e. The highest BCUT2D eigenvalue weighted by atomic mass is 32.1. The maximum absolute atomic E-state index is 14.0. The average Bonchev–Trinajstić information content (AvgIpc) is 3.25. The molecule has 5 rings (SSSR count). The summed E-state index contributed by atoms with van der Waals surface area (Å²) in [6, 6.07) is 15.2. The van der Waals surface area contributed by atoms with Crippen molar-refractivity contribution in [3.05, 3.63) is 89.1 Å². The van der Waals surface area contributed by atoms with E-state index < -0.39 is 23.0 Å². The number of nitrogens with two attached hydrogens (primary N) is 1. The van der Waals surface area contributed by atoms with Crippen LogP contribution < -0.4 is 20.9 Å². The van der Waals surface area contributed by atoms with Gasteiger partial charge in [0.25, 0.3) is 0 Å². The lowest BCUT2D eigenvalue weighted by molar-refractivity contribution is 0.103. The molecular weight excluding hydrogens is 470 g/mol. The minimum Gasteiger partial charge on any atom is -0.382 e. The number of benzene rings is 2. The Bertz CT molecular complexity index is 1320. The number of aromatic nitrogens is 2. The SMILES string of the molecule is Nc1nc(Nc2ccc(N3CCN(c4ccncc4)CC3)cc2)sc1C(=O)c1c(F)cccc1F. The van der Waals surface area contributed by atoms with Crippen LogP contribution in [0.1, 0.15) is 15.2 Å². The van der Waals surface area contributed by atoms with Gasteiger partial charge in [0.15, 0.2) is 5.13 Å². The van der Waals surface area contributed by atoms with Gasteiger partial charge in [-0.3, -0.25) is 9.78 Å². The van der Waals surface area contributed by atoms with Crippen LogP contribution in [0.5, 0.6) is 0 Å². The van der Waals surface area contributed by atoms with Crippen LogP contribution in [0, 0.1) is 11.6 Å². The number of carbonyl (C=O) groups excluding carboxylic acids is 1. The maximum Gasteiger partial charge on any atom is 0.212 e. The first-order valence-corrected chi connectivity index (χ1v) is 11.8. The van der Waals surface area contributed by atoms with Crippen LogP contribution in [0.15, 0.2) is 67.0 Å². The number of ketones is 1. The van der Waals surface area contributed by atoms with E-state index in [0.717, 1.165) is 61.0 Å². The quantitative estimate of drug-likeness (QED) is 0.377. The fourth-order valence-electron chi connectivity index (χ4n) is 4.03. The lowest BCUT2D eigenvalue weighted by atomic mass is 10.1. The topological polar surface area (TPSA) is 87.4 Å². The van der Waals surface area contributed by atoms with Crippen molar-refractivity contribution in [2.75, 3.05) is 47.0 Å². The molecule has 35 heavy (non-hydrogen) atoms. The van der Waals surface area contributed by atoms with Gasteiger partial charge in [-0.05, 0) is 48.5 Å². The Balaban J connectivity index is 1.24. The van der Waals surface area contributed by atoms with E-state index in [1.165, 1.54) is 11.8 Å². The molecule has 0 amide bonds. The number of hydrogen-bond acceptors (Lipinski definition) is 8. The zero-order chi connectivity index (χ0) is 24.4. The molecule has 1 aliphatic rings. The van der Waals surface area contributed by atoms with Crippen LogP contribution in [-0.4, -0.2) is 41.9 Å². The minimum absolute atomic E-state index is 0.0137. The Morgan fingerprint density at radius 2 is 1.46 bits per heavy atom. The fourth-order valence-corrected chi connectivity index (χ4v) is 4.88. The van der Waals surface area contributed by atoms with E-state index in [1.54, 1.807) is 12.4 Å². The molecular formula is C25H22F2N6OS. The van der Waals surface area contributed by atoms with Gasteiger partial charge in [-0.15, -0.1) is 0 Å². The van der Waals surface area contributed by atoms with Gasteiger partial charge in [0, 0.05) is 55.6 Å². The summed E-state index contributed by atoms with van der Waals surface area (Å²) in [6.45, 7) is 3.63. The number of thiazole rings is 1. The van der Waals surface area contributed by atoms with Crippen molar-refractivity contribution in [1.29, 1.82) is 0 Å². The third kappa shape index (κ3) is 4.78. The van der Waals surface area contributed by atoms with E-state index in [9.17, 15) is 13.6 Å². The van der Waals surface area contributed by atoms with Crippen molar-refractivity contribution in [3.63, 3.8) is 0 Å². The monoisotopic (exact) mass is 492 g/mol. The molecule has 2 aromatic carbocycles. The molecule has 4 aromatic rings. The van der Waals surface area contributed by atoms with Gasteiger partial charge < -0.3 is 20.9 Å². The Labute approximate surface area is 204 Å². The van der Waals surface area contributed by atoms with Gasteiger partial charge in [0.1, 0.15) is 22.3 Å². The van der Waals surface area contributed by atoms with Crippen LogP contribution >= 0.6 is 11.3 Å². The third-order valence-electron chi connectivity index (χ3n) is 5.84. The summed E-state index contributed by atoms with van der Waals surface area (Å²) in [5.41, 5.74) is 8.29. The molecule has 0 atom stereocenters. The highest BCUT2D eigenvalue weighted by Crippen LogP contribution is 2.31. The standard InChI is InChI=1S/C25H22F2N6OS/c26-19-2-1-3-20(27)21(19)22(34)23-24(28)31-25(35-23)30-16-4-6-17(7-5-16)32-12-14-33(15-13-32)18-8-10-29-11-9-18/h1-11H,12-15,28H2,(H,30,31). The van der Waals surface area contributed by atoms with Crippen LogP contribution in [0.25, 0.3) is 0 Å². The van der Waals surface area contributed by atoms with Crippen molar-refractivity contribution < 1.29 is 13.6 Å². The fraction of sp³-hybridized carbons (Fsp3) is 0.160. The highest BCUT2D eigenvalue weighted by molar-refractivity contribution is 7.18. The Morgan fingerprint density at radius 3 is 2.06 bits per heavy atom. The first kappa shape index (κ1) is 22.7. The molecule has 0 unspecified atom stereocenters. The van der Waals surface area contributed by atoms with Crippen molar-refractivity contribution in [2.24, 2.45) is 0 Å². The second kappa shape index (κ2) is 9.67. The van der Waals surface area contributed by atoms with Crippen LogP contribution in [0.4, 0.5) is 36.8 Å². The van der Waals surface area contributed by atoms with Crippen LogP contribution in [0.3, 0.4) is 0 Å². The number of nitrogens with one attached hydrogen (secondary N) is 1. The van der Waals surface area contributed by atoms with Gasteiger partial charge in [-0.1, -0.05) is 17.4 Å². The lowest BCUT2D eigenvalue weighted by Gasteiger charge is -2.37. The number of nitrogens with zero attached hydrogens (tertiary/aromatic N) is 4. The number of anilines is 5. The predicted molar refractivity (Wildman–Crippen MR) is 135 cm³/mol. The molecule has 178 valence electrons. The molecule has 0 aliphatic carbocycles. The van der Waals surface area contributed by atoms with Crippen LogP contribution in [-0.2, 0) is 0 Å². The third-order valence-corrected chi connectivity index (χ3v) is 6.83. The molecule has 3 N–H and O–H groups in total. The van der Waals surface area contributed by atoms with Gasteiger partial charge in [-0.2, -0.15) is 0 Å². The zero-order valence-electron chi connectivity index (χ0n) is 18.6. The number of pyridine rings is 1. The molecule has 0 bridgehead atoms. The Kier molecular flexibility index (Phi) is 6.28. The van der Waals surface area contributed by atoms with Gasteiger partial charge >= 0.3 is 0 Å². The molecule has 1 fully saturated rings. The van der Waals surface area contributed by atoms with Gasteiger partial charge in [0.2, 0.25) is 5.78 Å². The molecule has 1 aliphatic heterocycles. The molecule has 1 saturated heterocycles. The average molecular weight is 493 g/mol. The molecule has 7 nitrogen and oxygen atoms in total. The minimum atomic E-state index is -0.936. The van der Waals surface area contributed by atoms with E-state index in [-0.39, 0.29) is 10.7 Å². The summed E-state index contributed by atoms with van der Waals surface area (Å²) in [7, 11) is 0. The van der Waals surface area contributed by atoms with Gasteiger partial charge in [-0.25, -0.2) is 13.8 Å². The van der Waals surface area contributed by atoms with Crippen molar-refractivity contribution in [2.45, 2.75) is 0 Å². The molecule has 0 saturated carbocycles. The number of piperazine rings is 1. The van der Waals surface area contributed by atoms with Crippen molar-refractivity contribution in [1.82, 2.24) is 9.97 Å². The molecule has 10 heteroatoms. The summed E-state index contributed by atoms with van der Waals surface area (Å²) in [4.78, 5) is 25.6. The number of halogens is 2. The number of rotatable bonds is 6. The summed E-state index contributed by atoms with van der Waals surface area (Å²) in [6.07, 6.45) is 3.61. The normalized spacial score (nSPS) is 13.7. The Morgan fingerprint density at radius 1 is 0.886 bits per heavy atom. The van der Waals surface area contributed by atoms with Crippen molar-refractivity contribution in [3.8, 4) is 0 Å². The van der Waals surface area contributed by atoms with E-state index in [2.05, 4.69) is 25.1 Å². The van der Waals surface area contributed by atoms with E-state index >= 15 is 0 Å². The number of hydrogen-bond donors (Lipinski definition) is 2. The second-order valence-corrected chi connectivity index (χ2v) is 9.01. The molecule has 3 heterocycles. The zero-order valence-corrected chi connectivity index (χ0v) is 19.4. The van der Waals surface area contributed by atoms with Crippen LogP contribution in [0.2, 0.25) is 0 Å². The largest absolute Gasteiger partial charge is 0.382 e. The summed E-state index contributed by atoms with van der Waals surface area (Å²) < 4.78 is 28.1. The van der Waals surface area contributed by atoms with E-state index in [0.29, 0.717) is 5.13 Å². The van der Waals surface area contributed by atoms with E-state index in [1.807, 2.05) is 36.4 Å². The molecule has 0 spiro atoms. The number of nitrogen functional groups attached to an aromatic ring is 1. The predicted octanol–water partition coefficient (Wildman–Crippen LogP) is 4.70. The lowest BCUT2D eigenvalue weighted by Crippen LogP contribution is -2.46. The molecule has 2 aromatic heterocycles. The van der Waals surface area contributed by atoms with Gasteiger partial charge in [0.05, 0.1) is 5.56 Å². The first-order chi connectivity index (χ1) is 17.0. The van der Waals surface area contributed by atoms with E-state index in [4.69, 9.17) is 5.73 Å². The summed E-state index contributed by atoms with van der Waals surface area (Å²) >= 11 is 0.955. The second-order valence-electron chi connectivity index (χ2n) is 8.01. The Hall–Kier alpha value is -4.05. The van der Waals surface area contributed by atoms with Crippen molar-refractivity contribution >= 4 is 45.1 Å².